The molecule has 1 aromatic heterocycles. The van der Waals surface area contributed by atoms with Gasteiger partial charge in [-0.3, -0.25) is 19.2 Å². The number of hydrogen-bond acceptors (Lipinski definition) is 7. The van der Waals surface area contributed by atoms with E-state index >= 15 is 0 Å². The molecule has 2 aliphatic rings. The van der Waals surface area contributed by atoms with E-state index in [0.717, 1.165) is 27.6 Å². The zero-order valence-corrected chi connectivity index (χ0v) is 28.9. The minimum atomic E-state index is -0.883. The van der Waals surface area contributed by atoms with Crippen LogP contribution in [0.5, 0.6) is 5.75 Å². The monoisotopic (exact) mass is 676 g/mol. The number of fused-ring (bicyclic) bond motifs is 2. The van der Waals surface area contributed by atoms with Gasteiger partial charge in [0.2, 0.25) is 17.7 Å². The quantitative estimate of drug-likeness (QED) is 0.180. The summed E-state index contributed by atoms with van der Waals surface area (Å²) >= 11 is 0. The largest absolute Gasteiger partial charge is 0.508 e. The number of benzene rings is 3. The highest BCUT2D eigenvalue weighted by atomic mass is 16.3. The van der Waals surface area contributed by atoms with E-state index in [0.29, 0.717) is 12.0 Å². The SMILES string of the molecule is C=CCN1CC(=O)N2[C@@H](Cc3ccc(O)cc3)C(=O)N(Cc3cccc4c(C(=O)CN(C)C)cn(C)c34)C[C@@H]2N1C(=O)CCc1ccccc1. The van der Waals surface area contributed by atoms with Crippen LogP contribution in [0.25, 0.3) is 10.9 Å². The average molecular weight is 677 g/mol. The second-order valence-corrected chi connectivity index (χ2v) is 13.4. The fourth-order valence-electron chi connectivity index (χ4n) is 7.25. The number of hydrazine groups is 1. The van der Waals surface area contributed by atoms with Crippen LogP contribution in [0.1, 0.15) is 33.5 Å². The fraction of sp³-hybridized carbons (Fsp3) is 0.333. The van der Waals surface area contributed by atoms with E-state index in [2.05, 4.69) is 6.58 Å². The summed E-state index contributed by atoms with van der Waals surface area (Å²) in [6, 6.07) is 21.3. The topological polar surface area (TPSA) is 110 Å². The number of hydrogen-bond donors (Lipinski definition) is 1. The van der Waals surface area contributed by atoms with Gasteiger partial charge < -0.3 is 24.4 Å². The lowest BCUT2D eigenvalue weighted by Gasteiger charge is -2.55. The lowest BCUT2D eigenvalue weighted by molar-refractivity contribution is -0.205. The third-order valence-electron chi connectivity index (χ3n) is 9.47. The average Bonchev–Trinajstić information content (AvgIpc) is 3.44. The maximum Gasteiger partial charge on any atom is 0.246 e. The summed E-state index contributed by atoms with van der Waals surface area (Å²) in [4.78, 5) is 61.0. The van der Waals surface area contributed by atoms with Gasteiger partial charge in [0, 0.05) is 50.1 Å². The van der Waals surface area contributed by atoms with Gasteiger partial charge in [-0.2, -0.15) is 0 Å². The first-order chi connectivity index (χ1) is 24.0. The number of Topliss-reactive ketones (excluding diaryl/α,β-unsaturated/α-hetero) is 1. The molecule has 11 nitrogen and oxygen atoms in total. The summed E-state index contributed by atoms with van der Waals surface area (Å²) in [5.41, 5.74) is 4.13. The minimum Gasteiger partial charge on any atom is -0.508 e. The summed E-state index contributed by atoms with van der Waals surface area (Å²) in [6.45, 7) is 4.70. The van der Waals surface area contributed by atoms with Gasteiger partial charge in [-0.25, -0.2) is 10.0 Å². The van der Waals surface area contributed by atoms with E-state index in [1.165, 1.54) is 0 Å². The Morgan fingerprint density at radius 3 is 2.42 bits per heavy atom. The molecule has 2 saturated heterocycles. The lowest BCUT2D eigenvalue weighted by atomic mass is 9.97. The van der Waals surface area contributed by atoms with Crippen molar-refractivity contribution in [2.45, 2.75) is 38.0 Å². The van der Waals surface area contributed by atoms with Crippen molar-refractivity contribution >= 4 is 34.4 Å². The predicted molar refractivity (Wildman–Crippen MR) is 191 cm³/mol. The molecule has 0 unspecified atom stereocenters. The molecule has 3 heterocycles. The van der Waals surface area contributed by atoms with Gasteiger partial charge >= 0.3 is 0 Å². The predicted octanol–water partition coefficient (Wildman–Crippen LogP) is 3.61. The third kappa shape index (κ3) is 7.05. The molecule has 3 aromatic carbocycles. The van der Waals surface area contributed by atoms with Crippen LogP contribution < -0.4 is 0 Å². The molecule has 6 rings (SSSR count). The van der Waals surface area contributed by atoms with Crippen LogP contribution in [0.15, 0.2) is 91.6 Å². The van der Waals surface area contributed by atoms with Crippen LogP contribution in [-0.4, -0.2) is 110 Å². The summed E-state index contributed by atoms with van der Waals surface area (Å²) < 4.78 is 1.93. The second-order valence-electron chi connectivity index (χ2n) is 13.4. The molecule has 0 saturated carbocycles. The first-order valence-electron chi connectivity index (χ1n) is 16.9. The molecule has 4 aromatic rings. The van der Waals surface area contributed by atoms with Crippen molar-refractivity contribution in [1.82, 2.24) is 29.3 Å². The van der Waals surface area contributed by atoms with E-state index < -0.39 is 12.2 Å². The molecule has 11 heteroatoms. The van der Waals surface area contributed by atoms with Crippen LogP contribution in [0.2, 0.25) is 0 Å². The molecular weight excluding hydrogens is 632 g/mol. The molecule has 260 valence electrons. The molecule has 2 fully saturated rings. The highest BCUT2D eigenvalue weighted by Gasteiger charge is 2.51. The highest BCUT2D eigenvalue weighted by Crippen LogP contribution is 2.32. The smallest absolute Gasteiger partial charge is 0.246 e. The van der Waals surface area contributed by atoms with E-state index in [1.807, 2.05) is 85.3 Å². The first-order valence-corrected chi connectivity index (χ1v) is 16.9. The number of carbonyl (C=O) groups is 4. The molecular formula is C39H44N6O5. The Morgan fingerprint density at radius 2 is 1.72 bits per heavy atom. The Morgan fingerprint density at radius 1 is 0.980 bits per heavy atom. The Hall–Kier alpha value is -5.26. The number of aromatic hydroxyl groups is 1. The number of nitrogens with zero attached hydrogens (tertiary/aromatic N) is 6. The number of piperazine rings is 1. The molecule has 1 N–H and O–H groups in total. The van der Waals surface area contributed by atoms with Crippen molar-refractivity contribution in [2.75, 3.05) is 40.3 Å². The van der Waals surface area contributed by atoms with Crippen LogP contribution in [0.4, 0.5) is 0 Å². The second kappa shape index (κ2) is 14.7. The molecule has 0 radical (unpaired) electrons. The van der Waals surface area contributed by atoms with Gasteiger partial charge in [-0.05, 0) is 49.3 Å². The number of aromatic nitrogens is 1. The van der Waals surface area contributed by atoms with Crippen LogP contribution in [0.3, 0.4) is 0 Å². The molecule has 3 amide bonds. The number of phenols is 1. The maximum atomic E-state index is 14.5. The van der Waals surface area contributed by atoms with Crippen LogP contribution in [-0.2, 0) is 40.8 Å². The standard InChI is InChI=1S/C39H44N6O5/c1-5-20-43-26-37(49)44-33(21-28-14-17-30(46)18-15-28)39(50)42(25-35(44)45(43)36(48)19-16-27-10-7-6-8-11-27)22-29-12-9-13-31-32(23-41(4)38(29)31)34(47)24-40(2)3/h5-15,17-18,23,33,35,46H,1,16,19-22,24-26H2,2-4H3/t33-,35-/m0/s1. The molecule has 2 atom stereocenters. The Kier molecular flexibility index (Phi) is 10.2. The van der Waals surface area contributed by atoms with Crippen molar-refractivity contribution in [3.63, 3.8) is 0 Å². The number of phenolic OH excluding ortho intramolecular Hbond substituents is 1. The Labute approximate surface area is 292 Å². The number of ketones is 1. The summed E-state index contributed by atoms with van der Waals surface area (Å²) in [6.07, 6.45) is 3.73. The van der Waals surface area contributed by atoms with Gasteiger partial charge in [-0.15, -0.1) is 6.58 Å². The number of likely N-dealkylation sites (N-methyl/N-ethyl adjacent to an activating group) is 1. The van der Waals surface area contributed by atoms with Gasteiger partial charge in [0.1, 0.15) is 18.0 Å². The Bertz CT molecular complexity index is 1900. The lowest BCUT2D eigenvalue weighted by Crippen LogP contribution is -2.75. The zero-order valence-electron chi connectivity index (χ0n) is 28.9. The number of aryl methyl sites for hydroxylation is 2. The Balaban J connectivity index is 1.38. The third-order valence-corrected chi connectivity index (χ3v) is 9.47. The number of amides is 3. The normalized spacial score (nSPS) is 18.2. The summed E-state index contributed by atoms with van der Waals surface area (Å²) in [5, 5.41) is 14.1. The van der Waals surface area contributed by atoms with Crippen molar-refractivity contribution in [2.24, 2.45) is 7.05 Å². The van der Waals surface area contributed by atoms with Crippen LogP contribution >= 0.6 is 0 Å². The molecule has 50 heavy (non-hydrogen) atoms. The number of para-hydroxylation sites is 1. The summed E-state index contributed by atoms with van der Waals surface area (Å²) in [5.74, 6) is -0.513. The van der Waals surface area contributed by atoms with E-state index in [4.69, 9.17) is 0 Å². The van der Waals surface area contributed by atoms with Crippen molar-refractivity contribution < 1.29 is 24.3 Å². The maximum absolute atomic E-state index is 14.5. The van der Waals surface area contributed by atoms with Gasteiger partial charge in [0.05, 0.1) is 25.2 Å². The van der Waals surface area contributed by atoms with E-state index in [9.17, 15) is 24.3 Å². The van der Waals surface area contributed by atoms with Gasteiger partial charge in [-0.1, -0.05) is 66.7 Å². The fourth-order valence-corrected chi connectivity index (χ4v) is 7.25. The number of rotatable bonds is 12. The summed E-state index contributed by atoms with van der Waals surface area (Å²) in [7, 11) is 5.61. The van der Waals surface area contributed by atoms with E-state index in [1.54, 1.807) is 50.2 Å². The van der Waals surface area contributed by atoms with Gasteiger partial charge in [0.15, 0.2) is 5.78 Å². The van der Waals surface area contributed by atoms with Crippen molar-refractivity contribution in [1.29, 1.82) is 0 Å². The number of carbonyl (C=O) groups excluding carboxylic acids is 4. The molecule has 0 aliphatic carbocycles. The van der Waals surface area contributed by atoms with E-state index in [-0.39, 0.29) is 74.8 Å². The molecule has 0 bridgehead atoms. The highest BCUT2D eigenvalue weighted by molar-refractivity contribution is 6.09. The minimum absolute atomic E-state index is 0.00378. The first kappa shape index (κ1) is 34.6. The zero-order chi connectivity index (χ0) is 35.5. The van der Waals surface area contributed by atoms with Crippen molar-refractivity contribution in [3.05, 3.63) is 114 Å². The molecule has 0 spiro atoms. The molecule has 2 aliphatic heterocycles. The van der Waals surface area contributed by atoms with Gasteiger partial charge in [0.25, 0.3) is 0 Å². The van der Waals surface area contributed by atoms with Crippen LogP contribution in [0, 0.1) is 0 Å². The van der Waals surface area contributed by atoms with Crippen molar-refractivity contribution in [3.8, 4) is 5.75 Å².